The van der Waals surface area contributed by atoms with Crippen LogP contribution in [-0.4, -0.2) is 54.9 Å². The molecule has 1 amide bonds. The van der Waals surface area contributed by atoms with Crippen molar-refractivity contribution in [3.63, 3.8) is 0 Å². The molecule has 0 bridgehead atoms. The Kier molecular flexibility index (Phi) is 5.34. The fourth-order valence-corrected chi connectivity index (χ4v) is 2.27. The summed E-state index contributed by atoms with van der Waals surface area (Å²) >= 11 is 0. The summed E-state index contributed by atoms with van der Waals surface area (Å²) in [5.74, 6) is 5.65. The number of nitrogens with two attached hydrogens (primary N) is 1. The summed E-state index contributed by atoms with van der Waals surface area (Å²) in [5.41, 5.74) is 7.66. The average Bonchev–Trinajstić information content (AvgIpc) is 2.53. The molecule has 0 radical (unpaired) electrons. The van der Waals surface area contributed by atoms with E-state index in [4.69, 9.17) is 10.5 Å². The van der Waals surface area contributed by atoms with Crippen LogP contribution in [0.15, 0.2) is 18.2 Å². The van der Waals surface area contributed by atoms with Crippen LogP contribution in [0.4, 0.5) is 0 Å². The lowest BCUT2D eigenvalue weighted by molar-refractivity contribution is -0.0447. The molecular formula is C16H20N2O3. The first kappa shape index (κ1) is 15.5. The van der Waals surface area contributed by atoms with E-state index in [0.29, 0.717) is 30.8 Å². The number of rotatable bonds is 2. The minimum atomic E-state index is -0.314. The highest BCUT2D eigenvalue weighted by Crippen LogP contribution is 2.16. The Morgan fingerprint density at radius 3 is 3.10 bits per heavy atom. The third kappa shape index (κ3) is 3.82. The second-order valence-corrected chi connectivity index (χ2v) is 4.98. The molecule has 3 N–H and O–H groups in total. The van der Waals surface area contributed by atoms with Crippen LogP contribution in [0, 0.1) is 18.8 Å². The van der Waals surface area contributed by atoms with E-state index in [2.05, 4.69) is 11.8 Å². The van der Waals surface area contributed by atoms with Gasteiger partial charge in [0.1, 0.15) is 0 Å². The summed E-state index contributed by atoms with van der Waals surface area (Å²) in [6.45, 7) is 3.46. The van der Waals surface area contributed by atoms with Gasteiger partial charge in [0.2, 0.25) is 0 Å². The van der Waals surface area contributed by atoms with Crippen LogP contribution in [-0.2, 0) is 4.74 Å². The van der Waals surface area contributed by atoms with Gasteiger partial charge in [-0.1, -0.05) is 23.5 Å². The Bertz CT molecular complexity index is 575. The first-order chi connectivity index (χ1) is 10.2. The SMILES string of the molecule is Cc1ccc(C#CCN)c(C(=O)N2CCOC(CO)C2)c1. The van der Waals surface area contributed by atoms with E-state index in [0.717, 1.165) is 5.56 Å². The Hall–Kier alpha value is -1.87. The summed E-state index contributed by atoms with van der Waals surface area (Å²) in [4.78, 5) is 14.4. The molecule has 1 aliphatic rings. The molecule has 1 heterocycles. The molecular weight excluding hydrogens is 268 g/mol. The Balaban J connectivity index is 2.27. The van der Waals surface area contributed by atoms with Crippen LogP contribution >= 0.6 is 0 Å². The number of amides is 1. The fraction of sp³-hybridized carbons (Fsp3) is 0.438. The molecule has 2 rings (SSSR count). The molecule has 1 aliphatic heterocycles. The maximum absolute atomic E-state index is 12.7. The number of aryl methyl sites for hydroxylation is 1. The topological polar surface area (TPSA) is 75.8 Å². The lowest BCUT2D eigenvalue weighted by Gasteiger charge is -2.32. The van der Waals surface area contributed by atoms with Gasteiger partial charge in [-0.25, -0.2) is 0 Å². The third-order valence-electron chi connectivity index (χ3n) is 3.36. The molecule has 1 fully saturated rings. The van der Waals surface area contributed by atoms with E-state index in [1.807, 2.05) is 25.1 Å². The predicted molar refractivity (Wildman–Crippen MR) is 79.8 cm³/mol. The van der Waals surface area contributed by atoms with Gasteiger partial charge in [0.15, 0.2) is 0 Å². The van der Waals surface area contributed by atoms with Crippen LogP contribution in [0.5, 0.6) is 0 Å². The van der Waals surface area contributed by atoms with E-state index in [1.54, 1.807) is 4.90 Å². The van der Waals surface area contributed by atoms with Gasteiger partial charge in [-0.2, -0.15) is 0 Å². The van der Waals surface area contributed by atoms with Crippen molar-refractivity contribution < 1.29 is 14.6 Å². The molecule has 1 aromatic carbocycles. The highest BCUT2D eigenvalue weighted by atomic mass is 16.5. The van der Waals surface area contributed by atoms with Crippen LogP contribution in [0.3, 0.4) is 0 Å². The Morgan fingerprint density at radius 2 is 2.38 bits per heavy atom. The number of carbonyl (C=O) groups excluding carboxylic acids is 1. The van der Waals surface area contributed by atoms with Gasteiger partial charge >= 0.3 is 0 Å². The van der Waals surface area contributed by atoms with Crippen LogP contribution in [0.1, 0.15) is 21.5 Å². The van der Waals surface area contributed by atoms with E-state index >= 15 is 0 Å². The minimum Gasteiger partial charge on any atom is -0.394 e. The number of ether oxygens (including phenoxy) is 1. The number of aliphatic hydroxyl groups is 1. The summed E-state index contributed by atoms with van der Waals surface area (Å²) in [5, 5.41) is 9.18. The van der Waals surface area contributed by atoms with Crippen molar-refractivity contribution in [3.05, 3.63) is 34.9 Å². The molecule has 0 aromatic heterocycles. The monoisotopic (exact) mass is 288 g/mol. The Labute approximate surface area is 124 Å². The lowest BCUT2D eigenvalue weighted by atomic mass is 10.0. The highest BCUT2D eigenvalue weighted by molar-refractivity contribution is 5.97. The molecule has 0 spiro atoms. The first-order valence-electron chi connectivity index (χ1n) is 6.97. The second-order valence-electron chi connectivity index (χ2n) is 4.98. The fourth-order valence-electron chi connectivity index (χ4n) is 2.27. The molecule has 1 unspecified atom stereocenters. The second kappa shape index (κ2) is 7.23. The average molecular weight is 288 g/mol. The standard InChI is InChI=1S/C16H20N2O3/c1-12-4-5-13(3-2-6-17)15(9-12)16(20)18-7-8-21-14(10-18)11-19/h4-5,9,14,19H,6-8,10-11,17H2,1H3. The van der Waals surface area contributed by atoms with Crippen molar-refractivity contribution in [1.29, 1.82) is 0 Å². The number of benzene rings is 1. The number of hydrogen-bond acceptors (Lipinski definition) is 4. The maximum atomic E-state index is 12.7. The third-order valence-corrected chi connectivity index (χ3v) is 3.36. The quantitative estimate of drug-likeness (QED) is 0.759. The zero-order valence-corrected chi connectivity index (χ0v) is 12.1. The number of carbonyl (C=O) groups is 1. The largest absolute Gasteiger partial charge is 0.394 e. The summed E-state index contributed by atoms with van der Waals surface area (Å²) in [6, 6.07) is 5.61. The number of morpholine rings is 1. The molecule has 5 nitrogen and oxygen atoms in total. The van der Waals surface area contributed by atoms with Gasteiger partial charge < -0.3 is 20.5 Å². The molecule has 1 saturated heterocycles. The lowest BCUT2D eigenvalue weighted by Crippen LogP contribution is -2.47. The van der Waals surface area contributed by atoms with Crippen LogP contribution < -0.4 is 5.73 Å². The molecule has 112 valence electrons. The van der Waals surface area contributed by atoms with Gasteiger partial charge in [0.05, 0.1) is 31.4 Å². The van der Waals surface area contributed by atoms with Crippen molar-refractivity contribution in [2.45, 2.75) is 13.0 Å². The normalized spacial score (nSPS) is 18.0. The molecule has 21 heavy (non-hydrogen) atoms. The molecule has 0 saturated carbocycles. The summed E-state index contributed by atoms with van der Waals surface area (Å²) in [7, 11) is 0. The number of aliphatic hydroxyl groups excluding tert-OH is 1. The first-order valence-corrected chi connectivity index (χ1v) is 6.97. The minimum absolute atomic E-state index is 0.0817. The van der Waals surface area contributed by atoms with Gasteiger partial charge in [-0.3, -0.25) is 4.79 Å². The van der Waals surface area contributed by atoms with Crippen molar-refractivity contribution in [3.8, 4) is 11.8 Å². The zero-order valence-electron chi connectivity index (χ0n) is 12.1. The van der Waals surface area contributed by atoms with Crippen molar-refractivity contribution >= 4 is 5.91 Å². The van der Waals surface area contributed by atoms with Crippen molar-refractivity contribution in [2.75, 3.05) is 32.8 Å². The molecule has 1 atom stereocenters. The van der Waals surface area contributed by atoms with E-state index in [-0.39, 0.29) is 25.2 Å². The Morgan fingerprint density at radius 1 is 1.57 bits per heavy atom. The predicted octanol–water partition coefficient (Wildman–Crippen LogP) is 0.139. The number of hydrogen-bond donors (Lipinski definition) is 2. The number of nitrogens with zero attached hydrogens (tertiary/aromatic N) is 1. The summed E-state index contributed by atoms with van der Waals surface area (Å²) < 4.78 is 5.37. The summed E-state index contributed by atoms with van der Waals surface area (Å²) in [6.07, 6.45) is -0.314. The molecule has 5 heteroatoms. The molecule has 0 aliphatic carbocycles. The van der Waals surface area contributed by atoms with Crippen LogP contribution in [0.2, 0.25) is 0 Å². The van der Waals surface area contributed by atoms with E-state index < -0.39 is 0 Å². The van der Waals surface area contributed by atoms with Crippen molar-refractivity contribution in [2.24, 2.45) is 5.73 Å². The van der Waals surface area contributed by atoms with Crippen LogP contribution in [0.25, 0.3) is 0 Å². The van der Waals surface area contributed by atoms with E-state index in [9.17, 15) is 9.90 Å². The van der Waals surface area contributed by atoms with Gasteiger partial charge in [0, 0.05) is 18.7 Å². The van der Waals surface area contributed by atoms with Gasteiger partial charge in [-0.05, 0) is 19.1 Å². The van der Waals surface area contributed by atoms with Gasteiger partial charge in [0.25, 0.3) is 5.91 Å². The highest BCUT2D eigenvalue weighted by Gasteiger charge is 2.25. The van der Waals surface area contributed by atoms with Crippen molar-refractivity contribution in [1.82, 2.24) is 4.90 Å². The molecule has 1 aromatic rings. The van der Waals surface area contributed by atoms with Gasteiger partial charge in [-0.15, -0.1) is 0 Å². The smallest absolute Gasteiger partial charge is 0.255 e. The maximum Gasteiger partial charge on any atom is 0.255 e. The zero-order chi connectivity index (χ0) is 15.2. The van der Waals surface area contributed by atoms with E-state index in [1.165, 1.54) is 0 Å².